The Morgan fingerprint density at radius 3 is 2.48 bits per heavy atom. The van der Waals surface area contributed by atoms with E-state index in [2.05, 4.69) is 5.32 Å². The van der Waals surface area contributed by atoms with E-state index in [1.165, 1.54) is 6.07 Å². The van der Waals surface area contributed by atoms with Gasteiger partial charge in [0.25, 0.3) is 5.91 Å². The van der Waals surface area contributed by atoms with E-state index in [1.54, 1.807) is 48.5 Å². The van der Waals surface area contributed by atoms with Crippen LogP contribution in [0.1, 0.15) is 32.7 Å². The molecule has 0 bridgehead atoms. The lowest BCUT2D eigenvalue weighted by Crippen LogP contribution is -2.14. The number of carbonyl (C=O) groups is 2. The second-order valence-electron chi connectivity index (χ2n) is 6.36. The quantitative estimate of drug-likeness (QED) is 0.650. The molecule has 3 aromatic carbocycles. The monoisotopic (exact) mass is 379 g/mol. The van der Waals surface area contributed by atoms with Gasteiger partial charge in [0, 0.05) is 23.1 Å². The predicted octanol–water partition coefficient (Wildman–Crippen LogP) is 5.53. The van der Waals surface area contributed by atoms with E-state index in [-0.39, 0.29) is 16.7 Å². The number of nitrogens with one attached hydrogen (secondary N) is 1. The van der Waals surface area contributed by atoms with Crippen molar-refractivity contribution >= 4 is 29.0 Å². The molecule has 134 valence electrons. The molecule has 1 aliphatic rings. The lowest BCUT2D eigenvalue weighted by atomic mass is 9.95. The highest BCUT2D eigenvalue weighted by Crippen LogP contribution is 2.39. The molecule has 5 heteroatoms. The van der Waals surface area contributed by atoms with Crippen molar-refractivity contribution in [2.75, 3.05) is 5.32 Å². The molecular formula is C22H15ClFNO2. The minimum atomic E-state index is -0.512. The fourth-order valence-corrected chi connectivity index (χ4v) is 3.62. The van der Waals surface area contributed by atoms with Gasteiger partial charge in [0.2, 0.25) is 0 Å². The minimum Gasteiger partial charge on any atom is -0.321 e. The van der Waals surface area contributed by atoms with E-state index in [9.17, 15) is 14.0 Å². The van der Waals surface area contributed by atoms with Crippen LogP contribution in [0.2, 0.25) is 5.02 Å². The van der Waals surface area contributed by atoms with Crippen LogP contribution < -0.4 is 5.32 Å². The van der Waals surface area contributed by atoms with Gasteiger partial charge < -0.3 is 5.32 Å². The lowest BCUT2D eigenvalue weighted by molar-refractivity contribution is 0.0995. The smallest absolute Gasteiger partial charge is 0.255 e. The zero-order chi connectivity index (χ0) is 19.0. The Hall–Kier alpha value is -2.98. The summed E-state index contributed by atoms with van der Waals surface area (Å²) in [5.74, 6) is -0.862. The van der Waals surface area contributed by atoms with Gasteiger partial charge >= 0.3 is 0 Å². The molecule has 0 atom stereocenters. The third-order valence-corrected chi connectivity index (χ3v) is 5.01. The standard InChI is InChI=1S/C22H15ClFNO2/c23-17-8-4-7-16(21(17)24)14-9-11-18(20-15(14)10-12-19(20)26)25-22(27)13-5-2-1-3-6-13/h1-9,11H,10,12H2,(H,25,27). The number of halogens is 2. The Morgan fingerprint density at radius 1 is 0.926 bits per heavy atom. The molecule has 0 fully saturated rings. The van der Waals surface area contributed by atoms with Crippen LogP contribution in [0.3, 0.4) is 0 Å². The van der Waals surface area contributed by atoms with Gasteiger partial charge in [-0.15, -0.1) is 0 Å². The molecule has 0 aromatic heterocycles. The third kappa shape index (κ3) is 3.13. The number of amides is 1. The fourth-order valence-electron chi connectivity index (χ4n) is 3.44. The zero-order valence-electron chi connectivity index (χ0n) is 14.3. The molecule has 0 heterocycles. The predicted molar refractivity (Wildman–Crippen MR) is 104 cm³/mol. The first-order valence-electron chi connectivity index (χ1n) is 8.56. The fraction of sp³-hybridized carbons (Fsp3) is 0.0909. The SMILES string of the molecule is O=C(Nc1ccc(-c2cccc(Cl)c2F)c2c1C(=O)CC2)c1ccccc1. The van der Waals surface area contributed by atoms with Crippen LogP contribution in [0.4, 0.5) is 10.1 Å². The molecule has 0 spiro atoms. The van der Waals surface area contributed by atoms with Crippen molar-refractivity contribution in [2.24, 2.45) is 0 Å². The molecule has 4 rings (SSSR count). The Balaban J connectivity index is 1.78. The van der Waals surface area contributed by atoms with Crippen LogP contribution in [-0.4, -0.2) is 11.7 Å². The van der Waals surface area contributed by atoms with E-state index in [0.29, 0.717) is 40.8 Å². The van der Waals surface area contributed by atoms with Gasteiger partial charge in [0.15, 0.2) is 5.78 Å². The maximum Gasteiger partial charge on any atom is 0.255 e. The molecule has 1 amide bonds. The van der Waals surface area contributed by atoms with Crippen LogP contribution >= 0.6 is 11.6 Å². The van der Waals surface area contributed by atoms with Crippen LogP contribution in [0, 0.1) is 5.82 Å². The van der Waals surface area contributed by atoms with Gasteiger partial charge in [0.05, 0.1) is 10.7 Å². The average molecular weight is 380 g/mol. The molecule has 0 unspecified atom stereocenters. The molecule has 0 aliphatic heterocycles. The maximum atomic E-state index is 14.5. The van der Waals surface area contributed by atoms with E-state index >= 15 is 0 Å². The summed E-state index contributed by atoms with van der Waals surface area (Å²) in [5, 5.41) is 2.85. The topological polar surface area (TPSA) is 46.2 Å². The molecule has 1 aliphatic carbocycles. The number of hydrogen-bond acceptors (Lipinski definition) is 2. The number of rotatable bonds is 3. The van der Waals surface area contributed by atoms with Gasteiger partial charge in [-0.05, 0) is 41.8 Å². The highest BCUT2D eigenvalue weighted by atomic mass is 35.5. The van der Waals surface area contributed by atoms with Crippen molar-refractivity contribution in [3.05, 3.63) is 88.2 Å². The summed E-state index contributed by atoms with van der Waals surface area (Å²) in [6, 6.07) is 17.0. The second kappa shape index (κ2) is 6.97. The van der Waals surface area contributed by atoms with Gasteiger partial charge in [-0.25, -0.2) is 4.39 Å². The summed E-state index contributed by atoms with van der Waals surface area (Å²) in [6.45, 7) is 0. The summed E-state index contributed by atoms with van der Waals surface area (Å²) in [4.78, 5) is 24.9. The van der Waals surface area contributed by atoms with Crippen molar-refractivity contribution in [3.63, 3.8) is 0 Å². The number of ketones is 1. The van der Waals surface area contributed by atoms with Crippen LogP contribution in [-0.2, 0) is 6.42 Å². The van der Waals surface area contributed by atoms with Gasteiger partial charge in [-0.2, -0.15) is 0 Å². The van der Waals surface area contributed by atoms with Gasteiger partial charge in [0.1, 0.15) is 5.82 Å². The molecule has 27 heavy (non-hydrogen) atoms. The van der Waals surface area contributed by atoms with E-state index in [0.717, 1.165) is 5.56 Å². The number of fused-ring (bicyclic) bond motifs is 1. The molecule has 0 saturated carbocycles. The van der Waals surface area contributed by atoms with Crippen LogP contribution in [0.5, 0.6) is 0 Å². The first-order chi connectivity index (χ1) is 13.1. The molecule has 0 saturated heterocycles. The first-order valence-corrected chi connectivity index (χ1v) is 8.94. The Morgan fingerprint density at radius 2 is 1.70 bits per heavy atom. The summed E-state index contributed by atoms with van der Waals surface area (Å²) < 4.78 is 14.5. The van der Waals surface area contributed by atoms with Crippen LogP contribution in [0.15, 0.2) is 60.7 Å². The van der Waals surface area contributed by atoms with Gasteiger partial charge in [-0.1, -0.05) is 48.0 Å². The zero-order valence-corrected chi connectivity index (χ0v) is 15.0. The summed E-state index contributed by atoms with van der Waals surface area (Å²) >= 11 is 5.91. The Bertz CT molecular complexity index is 1060. The lowest BCUT2D eigenvalue weighted by Gasteiger charge is -2.14. The number of Topliss-reactive ketones (excluding diaryl/α,β-unsaturated/α-hetero) is 1. The van der Waals surface area contributed by atoms with Gasteiger partial charge in [-0.3, -0.25) is 9.59 Å². The summed E-state index contributed by atoms with van der Waals surface area (Å²) in [7, 11) is 0. The van der Waals surface area contributed by atoms with Crippen molar-refractivity contribution in [2.45, 2.75) is 12.8 Å². The minimum absolute atomic E-state index is 0.0343. The summed E-state index contributed by atoms with van der Waals surface area (Å²) in [5.41, 5.74) is 3.14. The Labute approximate surface area is 160 Å². The molecule has 3 nitrogen and oxygen atoms in total. The highest BCUT2D eigenvalue weighted by molar-refractivity contribution is 6.31. The highest BCUT2D eigenvalue weighted by Gasteiger charge is 2.28. The van der Waals surface area contributed by atoms with E-state index in [4.69, 9.17) is 11.6 Å². The van der Waals surface area contributed by atoms with Crippen molar-refractivity contribution < 1.29 is 14.0 Å². The normalized spacial score (nSPS) is 12.7. The molecule has 1 N–H and O–H groups in total. The first kappa shape index (κ1) is 17.4. The molecular weight excluding hydrogens is 365 g/mol. The van der Waals surface area contributed by atoms with E-state index < -0.39 is 5.82 Å². The third-order valence-electron chi connectivity index (χ3n) is 4.72. The number of anilines is 1. The average Bonchev–Trinajstić information content (AvgIpc) is 3.07. The maximum absolute atomic E-state index is 14.5. The molecule has 3 aromatic rings. The van der Waals surface area contributed by atoms with E-state index in [1.807, 2.05) is 6.07 Å². The van der Waals surface area contributed by atoms with Crippen molar-refractivity contribution in [1.82, 2.24) is 0 Å². The number of hydrogen-bond donors (Lipinski definition) is 1. The number of benzene rings is 3. The van der Waals surface area contributed by atoms with Crippen LogP contribution in [0.25, 0.3) is 11.1 Å². The van der Waals surface area contributed by atoms with Crippen molar-refractivity contribution in [1.29, 1.82) is 0 Å². The second-order valence-corrected chi connectivity index (χ2v) is 6.77. The van der Waals surface area contributed by atoms with Crippen molar-refractivity contribution in [3.8, 4) is 11.1 Å². The largest absolute Gasteiger partial charge is 0.321 e. The number of carbonyl (C=O) groups excluding carboxylic acids is 2. The Kier molecular flexibility index (Phi) is 4.50. The molecule has 0 radical (unpaired) electrons. The summed E-state index contributed by atoms with van der Waals surface area (Å²) in [6.07, 6.45) is 0.841.